The normalized spacial score (nSPS) is 16.9. The van der Waals surface area contributed by atoms with Crippen LogP contribution in [0.2, 0.25) is 20.1 Å². The van der Waals surface area contributed by atoms with Crippen LogP contribution in [0.4, 0.5) is 0 Å². The summed E-state index contributed by atoms with van der Waals surface area (Å²) in [6.45, 7) is 3.56. The lowest BCUT2D eigenvalue weighted by molar-refractivity contribution is -0.794. The number of aromatic nitrogens is 4. The molecular formula is C54H53Cl4N4O11+3. The Labute approximate surface area is 441 Å². The molecule has 5 atom stereocenters. The maximum Gasteiger partial charge on any atom is 0.344 e. The number of carboxylic acid groups (broad SMARTS) is 4. The van der Waals surface area contributed by atoms with E-state index in [0.717, 1.165) is 13.1 Å². The van der Waals surface area contributed by atoms with E-state index in [9.17, 15) is 19.2 Å². The van der Waals surface area contributed by atoms with Crippen molar-refractivity contribution in [2.24, 2.45) is 25.9 Å². The van der Waals surface area contributed by atoms with Crippen molar-refractivity contribution in [3.8, 4) is 45.4 Å². The molecule has 0 amide bonds. The number of hydrogen-bond donors (Lipinski definition) is 4. The fraction of sp³-hybridized carbons (Fsp3) is 0.241. The SMILES string of the molecule is CC(Oc1ccc(Cl)cc1Cl)C(=O)O.COc1c(Cl)ccc(Cl)c1C(=O)O.Cn1c(-c2ccccc2)cc(-c2ccccc2)[n+]1C.O=C(O)C1C2CCC(O2)C1C(=O)O.c1cc[n+]2c(c1)-c1cccc[n+]1CC2. The first-order valence-corrected chi connectivity index (χ1v) is 24.3. The van der Waals surface area contributed by atoms with Gasteiger partial charge in [-0.2, -0.15) is 13.8 Å². The third kappa shape index (κ3) is 13.7. The molecule has 4 N–H and O–H groups in total. The number of aromatic carboxylic acids is 1. The predicted octanol–water partition coefficient (Wildman–Crippen LogP) is 9.62. The van der Waals surface area contributed by atoms with E-state index in [0.29, 0.717) is 28.6 Å². The van der Waals surface area contributed by atoms with Gasteiger partial charge in [-0.15, -0.1) is 4.68 Å². The molecular weight excluding hydrogens is 1020 g/mol. The molecule has 0 radical (unpaired) electrons. The van der Waals surface area contributed by atoms with Crippen LogP contribution >= 0.6 is 46.4 Å². The van der Waals surface area contributed by atoms with Crippen molar-refractivity contribution in [3.63, 3.8) is 0 Å². The first-order valence-electron chi connectivity index (χ1n) is 22.8. The fourth-order valence-corrected chi connectivity index (χ4v) is 9.39. The molecule has 3 aliphatic heterocycles. The van der Waals surface area contributed by atoms with E-state index in [2.05, 4.69) is 136 Å². The molecule has 0 spiro atoms. The number of carbonyl (C=O) groups is 4. The topological polar surface area (TPSA) is 193 Å². The van der Waals surface area contributed by atoms with Crippen LogP contribution in [-0.2, 0) is 46.3 Å². The first-order chi connectivity index (χ1) is 34.9. The first kappa shape index (κ1) is 55.3. The number of pyridine rings is 2. The van der Waals surface area contributed by atoms with Gasteiger partial charge >= 0.3 is 23.9 Å². The number of carboxylic acids is 4. The zero-order valence-electron chi connectivity index (χ0n) is 40.0. The Bertz CT molecular complexity index is 2940. The highest BCUT2D eigenvalue weighted by Crippen LogP contribution is 2.43. The third-order valence-corrected chi connectivity index (χ3v) is 13.3. The summed E-state index contributed by atoms with van der Waals surface area (Å²) in [6, 6.07) is 43.4. The number of benzene rings is 4. The van der Waals surface area contributed by atoms with Gasteiger partial charge < -0.3 is 34.6 Å². The minimum Gasteiger partial charge on any atom is -0.494 e. The Morgan fingerprint density at radius 2 is 1.15 bits per heavy atom. The number of methoxy groups -OCH3 is 1. The lowest BCUT2D eigenvalue weighted by Gasteiger charge is -2.20. The van der Waals surface area contributed by atoms with Gasteiger partial charge in [-0.3, -0.25) is 9.59 Å². The molecule has 5 unspecified atom stereocenters. The van der Waals surface area contributed by atoms with E-state index in [1.807, 2.05) is 12.1 Å². The van der Waals surface area contributed by atoms with Gasteiger partial charge in [-0.05, 0) is 74.4 Å². The molecule has 73 heavy (non-hydrogen) atoms. The molecule has 19 heteroatoms. The molecule has 380 valence electrons. The number of nitrogens with zero attached hydrogens (tertiary/aromatic N) is 4. The van der Waals surface area contributed by atoms with Crippen LogP contribution in [0.15, 0.2) is 146 Å². The van der Waals surface area contributed by atoms with Gasteiger partial charge in [0.2, 0.25) is 18.8 Å². The lowest BCUT2D eigenvalue weighted by Crippen LogP contribution is -2.52. The zero-order valence-corrected chi connectivity index (χ0v) is 43.0. The van der Waals surface area contributed by atoms with Crippen molar-refractivity contribution in [2.45, 2.75) is 51.2 Å². The van der Waals surface area contributed by atoms with Crippen molar-refractivity contribution < 1.29 is 67.6 Å². The second-order valence-electron chi connectivity index (χ2n) is 16.7. The van der Waals surface area contributed by atoms with E-state index < -0.39 is 41.8 Å². The van der Waals surface area contributed by atoms with Gasteiger partial charge in [0.05, 0.1) is 53.3 Å². The second-order valence-corrected chi connectivity index (χ2v) is 18.3. The summed E-state index contributed by atoms with van der Waals surface area (Å²) >= 11 is 22.8. The van der Waals surface area contributed by atoms with E-state index in [1.54, 1.807) is 6.07 Å². The van der Waals surface area contributed by atoms with Gasteiger partial charge in [0.25, 0.3) is 11.4 Å². The molecule has 2 saturated heterocycles. The maximum atomic E-state index is 10.8. The fourth-order valence-electron chi connectivity index (χ4n) is 8.47. The molecule has 0 aliphatic carbocycles. The molecule has 6 heterocycles. The monoisotopic (exact) mass is 1070 g/mol. The number of aliphatic carboxylic acids is 3. The predicted molar refractivity (Wildman–Crippen MR) is 274 cm³/mol. The van der Waals surface area contributed by atoms with Crippen LogP contribution in [0.25, 0.3) is 33.9 Å². The number of halogens is 4. The van der Waals surface area contributed by atoms with Gasteiger partial charge in [0.15, 0.2) is 31.3 Å². The second kappa shape index (κ2) is 25.6. The largest absolute Gasteiger partial charge is 0.494 e. The minimum absolute atomic E-state index is 0.0849. The summed E-state index contributed by atoms with van der Waals surface area (Å²) in [5.74, 6) is -5.63. The Kier molecular flexibility index (Phi) is 19.4. The molecule has 10 rings (SSSR count). The van der Waals surface area contributed by atoms with Gasteiger partial charge in [0, 0.05) is 46.5 Å². The van der Waals surface area contributed by atoms with E-state index >= 15 is 0 Å². The third-order valence-electron chi connectivity index (χ3n) is 12.2. The molecule has 15 nitrogen and oxygen atoms in total. The van der Waals surface area contributed by atoms with Crippen molar-refractivity contribution in [1.29, 1.82) is 0 Å². The average molecular weight is 1080 g/mol. The number of fused-ring (bicyclic) bond motifs is 5. The van der Waals surface area contributed by atoms with E-state index in [1.165, 1.54) is 72.2 Å². The summed E-state index contributed by atoms with van der Waals surface area (Å²) in [7, 11) is 5.52. The van der Waals surface area contributed by atoms with Crippen molar-refractivity contribution in [1.82, 2.24) is 4.68 Å². The van der Waals surface area contributed by atoms with Crippen molar-refractivity contribution >= 4 is 70.3 Å². The van der Waals surface area contributed by atoms with Crippen molar-refractivity contribution in [3.05, 3.63) is 172 Å². The highest BCUT2D eigenvalue weighted by atomic mass is 35.5. The molecule has 7 aromatic rings. The zero-order chi connectivity index (χ0) is 52.9. The number of ether oxygens (including phenoxy) is 3. The number of aryl methyl sites for hydroxylation is 2. The minimum atomic E-state index is -1.16. The van der Waals surface area contributed by atoms with Crippen LogP contribution in [0, 0.1) is 11.8 Å². The van der Waals surface area contributed by atoms with Crippen LogP contribution < -0.4 is 23.3 Å². The molecule has 2 bridgehead atoms. The molecule has 3 aromatic heterocycles. The summed E-state index contributed by atoms with van der Waals surface area (Å²) in [4.78, 5) is 42.7. The van der Waals surface area contributed by atoms with Gasteiger partial charge in [-0.25, -0.2) is 9.59 Å². The quantitative estimate of drug-likeness (QED) is 0.101. The van der Waals surface area contributed by atoms with E-state index in [-0.39, 0.29) is 33.6 Å². The maximum absolute atomic E-state index is 10.8. The smallest absolute Gasteiger partial charge is 0.344 e. The number of rotatable bonds is 9. The van der Waals surface area contributed by atoms with Gasteiger partial charge in [-0.1, -0.05) is 94.9 Å². The molecule has 0 saturated carbocycles. The average Bonchev–Trinajstić information content (AvgIpc) is 4.10. The van der Waals surface area contributed by atoms with Crippen LogP contribution in [0.5, 0.6) is 11.5 Å². The molecule has 3 aliphatic rings. The van der Waals surface area contributed by atoms with Crippen molar-refractivity contribution in [2.75, 3.05) is 7.11 Å². The van der Waals surface area contributed by atoms with Crippen LogP contribution in [0.3, 0.4) is 0 Å². The van der Waals surface area contributed by atoms with Crippen LogP contribution in [-0.4, -0.2) is 74.4 Å². The Hall–Kier alpha value is -7.01. The highest BCUT2D eigenvalue weighted by Gasteiger charge is 2.55. The molecule has 2 fully saturated rings. The van der Waals surface area contributed by atoms with Gasteiger partial charge in [0.1, 0.15) is 17.0 Å². The Morgan fingerprint density at radius 1 is 0.644 bits per heavy atom. The lowest BCUT2D eigenvalue weighted by atomic mass is 9.79. The summed E-state index contributed by atoms with van der Waals surface area (Å²) in [6.07, 6.45) is 3.93. The summed E-state index contributed by atoms with van der Waals surface area (Å²) in [5, 5.41) is 36.1. The van der Waals surface area contributed by atoms with E-state index in [4.69, 9.17) is 81.0 Å². The summed E-state index contributed by atoms with van der Waals surface area (Å²) in [5.41, 5.74) is 7.42. The highest BCUT2D eigenvalue weighted by molar-refractivity contribution is 6.37. The Morgan fingerprint density at radius 3 is 1.62 bits per heavy atom. The summed E-state index contributed by atoms with van der Waals surface area (Å²) < 4.78 is 24.1. The Balaban J connectivity index is 0.000000150. The molecule has 4 aromatic carbocycles. The standard InChI is InChI=1S/C17H17N2.C12H12N2.C9H8Cl2O3.C8H6Cl2O3.C8H10O5/c1-18-16(14-9-5-3-6-10-14)13-17(19(18)2)15-11-7-4-8-12-15;1-3-7-13-9-10-14-8-4-2-6-12(14)11(13)5-1;1-5(9(12)13)14-8-3-2-6(10)4-7(8)11;1-13-7-5(10)3-2-4(9)6(7)8(11)12;9-7(10)5-3-1-2-4(13-3)6(5)8(11)12/h3-13H,1-2H3;1-8H,9-10H2;2-5H,1H3,(H,12,13);2-3H,1H3,(H,11,12);3-6H,1-2H2,(H,9,10)(H,11,12)/q+1;+2;;;. The van der Waals surface area contributed by atoms with Crippen LogP contribution in [0.1, 0.15) is 30.1 Å². The number of hydrogen-bond acceptors (Lipinski definition) is 7.